The summed E-state index contributed by atoms with van der Waals surface area (Å²) < 4.78 is 31.8. The Bertz CT molecular complexity index is 897. The molecule has 3 rings (SSSR count). The molecule has 0 unspecified atom stereocenters. The van der Waals surface area contributed by atoms with Crippen molar-refractivity contribution in [1.82, 2.24) is 0 Å². The molecule has 148 valence electrons. The number of benzene rings is 1. The fraction of sp³-hybridized carbons (Fsp3) is 0.300. The number of carbonyl (C=O) groups is 2. The van der Waals surface area contributed by atoms with Gasteiger partial charge in [-0.2, -0.15) is 0 Å². The first kappa shape index (κ1) is 19.3. The van der Waals surface area contributed by atoms with Gasteiger partial charge in [-0.1, -0.05) is 0 Å². The lowest BCUT2D eigenvalue weighted by atomic mass is 9.92. The summed E-state index contributed by atoms with van der Waals surface area (Å²) in [5.74, 6) is -0.872. The zero-order valence-electron chi connectivity index (χ0n) is 15.9. The van der Waals surface area contributed by atoms with Crippen LogP contribution in [0.2, 0.25) is 0 Å². The highest BCUT2D eigenvalue weighted by Crippen LogP contribution is 2.47. The predicted molar refractivity (Wildman–Crippen MR) is 96.5 cm³/mol. The molecular formula is C20H20O8. The van der Waals surface area contributed by atoms with E-state index in [2.05, 4.69) is 0 Å². The molecule has 0 spiro atoms. The Hall–Kier alpha value is -3.42. The van der Waals surface area contributed by atoms with Gasteiger partial charge in [0.2, 0.25) is 0 Å². The Morgan fingerprint density at radius 1 is 0.964 bits per heavy atom. The van der Waals surface area contributed by atoms with Crippen molar-refractivity contribution in [3.63, 3.8) is 0 Å². The smallest absolute Gasteiger partial charge is 0.338 e. The van der Waals surface area contributed by atoms with Gasteiger partial charge in [0.25, 0.3) is 0 Å². The maximum Gasteiger partial charge on any atom is 0.338 e. The predicted octanol–water partition coefficient (Wildman–Crippen LogP) is 2.74. The lowest BCUT2D eigenvalue weighted by molar-refractivity contribution is -0.149. The molecule has 0 N–H and O–H groups in total. The average Bonchev–Trinajstić information content (AvgIpc) is 3.39. The van der Waals surface area contributed by atoms with Gasteiger partial charge in [0, 0.05) is 5.56 Å². The van der Waals surface area contributed by atoms with E-state index in [-0.39, 0.29) is 11.3 Å². The summed E-state index contributed by atoms with van der Waals surface area (Å²) in [6, 6.07) is 8.34. The van der Waals surface area contributed by atoms with Gasteiger partial charge < -0.3 is 28.1 Å². The molecule has 2 heterocycles. The average molecular weight is 388 g/mol. The second kappa shape index (κ2) is 8.08. The fourth-order valence-corrected chi connectivity index (χ4v) is 3.13. The first-order valence-electron chi connectivity index (χ1n) is 8.38. The van der Waals surface area contributed by atoms with E-state index in [0.29, 0.717) is 22.8 Å². The number of hydrogen-bond donors (Lipinski definition) is 0. The molecule has 0 radical (unpaired) electrons. The molecule has 8 nitrogen and oxygen atoms in total. The van der Waals surface area contributed by atoms with Crippen molar-refractivity contribution in [2.75, 3.05) is 28.4 Å². The molecule has 0 saturated carbocycles. The third kappa shape index (κ3) is 3.28. The van der Waals surface area contributed by atoms with E-state index in [0.717, 1.165) is 0 Å². The Balaban J connectivity index is 2.17. The van der Waals surface area contributed by atoms with Crippen molar-refractivity contribution in [1.29, 1.82) is 0 Å². The quantitative estimate of drug-likeness (QED) is 0.698. The molecule has 0 fully saturated rings. The van der Waals surface area contributed by atoms with E-state index < -0.39 is 24.0 Å². The molecule has 0 aliphatic carbocycles. The summed E-state index contributed by atoms with van der Waals surface area (Å²) in [6.07, 6.45) is 0.582. The molecular weight excluding hydrogens is 368 g/mol. The van der Waals surface area contributed by atoms with Crippen LogP contribution in [0.3, 0.4) is 0 Å². The van der Waals surface area contributed by atoms with Gasteiger partial charge in [0.1, 0.15) is 17.4 Å². The van der Waals surface area contributed by atoms with Crippen LogP contribution in [0.4, 0.5) is 0 Å². The molecule has 0 saturated heterocycles. The van der Waals surface area contributed by atoms with Gasteiger partial charge >= 0.3 is 11.9 Å². The molecule has 0 bridgehead atoms. The van der Waals surface area contributed by atoms with E-state index in [1.807, 2.05) is 0 Å². The summed E-state index contributed by atoms with van der Waals surface area (Å²) in [7, 11) is 5.49. The second-order valence-electron chi connectivity index (χ2n) is 5.86. The molecule has 28 heavy (non-hydrogen) atoms. The number of ether oxygens (including phenoxy) is 5. The molecule has 8 heteroatoms. The first-order valence-corrected chi connectivity index (χ1v) is 8.38. The van der Waals surface area contributed by atoms with Crippen molar-refractivity contribution >= 4 is 17.7 Å². The Morgan fingerprint density at radius 3 is 2.29 bits per heavy atom. The van der Waals surface area contributed by atoms with E-state index in [9.17, 15) is 9.59 Å². The van der Waals surface area contributed by atoms with Gasteiger partial charge in [-0.3, -0.25) is 4.79 Å². The van der Waals surface area contributed by atoms with E-state index >= 15 is 0 Å². The van der Waals surface area contributed by atoms with Crippen molar-refractivity contribution in [2.24, 2.45) is 5.92 Å². The number of furan rings is 1. The number of methoxy groups -OCH3 is 4. The number of esters is 2. The number of carbonyl (C=O) groups excluding carboxylic acids is 2. The minimum absolute atomic E-state index is 0.0444. The highest BCUT2D eigenvalue weighted by molar-refractivity contribution is 6.03. The highest BCUT2D eigenvalue weighted by atomic mass is 16.5. The first-order chi connectivity index (χ1) is 13.5. The largest absolute Gasteiger partial charge is 0.493 e. The summed E-state index contributed by atoms with van der Waals surface area (Å²) in [4.78, 5) is 25.1. The zero-order valence-corrected chi connectivity index (χ0v) is 15.9. The highest BCUT2D eigenvalue weighted by Gasteiger charge is 2.48. The van der Waals surface area contributed by atoms with Crippen LogP contribution in [0.5, 0.6) is 11.5 Å². The topological polar surface area (TPSA) is 93.4 Å². The molecule has 1 aliphatic heterocycles. The van der Waals surface area contributed by atoms with Crippen LogP contribution in [0.25, 0.3) is 5.76 Å². The maximum absolute atomic E-state index is 12.6. The summed E-state index contributed by atoms with van der Waals surface area (Å²) >= 11 is 0. The SMILES string of the molecule is COC(=O)C1=C(c2ccc(OC)c(OC)c2)O[C@@H](c2ccco2)[C@@H]1C(=O)OC. The Kier molecular flexibility index (Phi) is 5.58. The molecule has 2 atom stereocenters. The third-order valence-corrected chi connectivity index (χ3v) is 4.43. The molecule has 1 aromatic heterocycles. The summed E-state index contributed by atoms with van der Waals surface area (Å²) in [5, 5.41) is 0. The normalized spacial score (nSPS) is 18.4. The molecule has 1 aliphatic rings. The van der Waals surface area contributed by atoms with Crippen LogP contribution < -0.4 is 9.47 Å². The Morgan fingerprint density at radius 2 is 1.71 bits per heavy atom. The Labute approximate surface area is 161 Å². The van der Waals surface area contributed by atoms with Gasteiger partial charge in [-0.15, -0.1) is 0 Å². The van der Waals surface area contributed by atoms with Crippen LogP contribution in [0.1, 0.15) is 17.4 Å². The van der Waals surface area contributed by atoms with Crippen molar-refractivity contribution in [3.05, 3.63) is 53.5 Å². The van der Waals surface area contributed by atoms with Crippen LogP contribution in [-0.2, 0) is 23.8 Å². The number of rotatable bonds is 6. The maximum atomic E-state index is 12.6. The van der Waals surface area contributed by atoms with Crippen molar-refractivity contribution < 1.29 is 37.7 Å². The molecule has 0 amide bonds. The fourth-order valence-electron chi connectivity index (χ4n) is 3.13. The monoisotopic (exact) mass is 388 g/mol. The van der Waals surface area contributed by atoms with Gasteiger partial charge in [-0.25, -0.2) is 4.79 Å². The lowest BCUT2D eigenvalue weighted by Gasteiger charge is -2.16. The van der Waals surface area contributed by atoms with Crippen LogP contribution >= 0.6 is 0 Å². The molecule has 1 aromatic carbocycles. The zero-order chi connectivity index (χ0) is 20.3. The van der Waals surface area contributed by atoms with E-state index in [1.54, 1.807) is 30.3 Å². The second-order valence-corrected chi connectivity index (χ2v) is 5.86. The summed E-state index contributed by atoms with van der Waals surface area (Å²) in [5.41, 5.74) is 0.559. The van der Waals surface area contributed by atoms with Crippen LogP contribution in [0.15, 0.2) is 46.6 Å². The van der Waals surface area contributed by atoms with Crippen LogP contribution in [0, 0.1) is 5.92 Å². The van der Waals surface area contributed by atoms with Crippen molar-refractivity contribution in [3.8, 4) is 11.5 Å². The third-order valence-electron chi connectivity index (χ3n) is 4.43. The summed E-state index contributed by atoms with van der Waals surface area (Å²) in [6.45, 7) is 0. The minimum atomic E-state index is -1.05. The van der Waals surface area contributed by atoms with Crippen molar-refractivity contribution in [2.45, 2.75) is 6.10 Å². The standard InChI is InChI=1S/C20H20O8/c1-23-12-8-7-11(10-14(12)24-2)17-15(19(21)25-3)16(20(22)26-4)18(28-17)13-6-5-9-27-13/h5-10,16,18H,1-4H3/t16-,18+/m1/s1. The van der Waals surface area contributed by atoms with E-state index in [4.69, 9.17) is 28.1 Å². The van der Waals surface area contributed by atoms with Gasteiger partial charge in [0.15, 0.2) is 17.6 Å². The van der Waals surface area contributed by atoms with Gasteiger partial charge in [0.05, 0.1) is 40.3 Å². The minimum Gasteiger partial charge on any atom is -0.493 e. The molecule has 2 aromatic rings. The number of hydrogen-bond acceptors (Lipinski definition) is 8. The lowest BCUT2D eigenvalue weighted by Crippen LogP contribution is -2.26. The van der Waals surface area contributed by atoms with Gasteiger partial charge in [-0.05, 0) is 30.3 Å². The van der Waals surface area contributed by atoms with Crippen LogP contribution in [-0.4, -0.2) is 40.4 Å². The van der Waals surface area contributed by atoms with E-state index in [1.165, 1.54) is 34.7 Å².